The largest absolute Gasteiger partial charge is 0.298 e. The zero-order valence-corrected chi connectivity index (χ0v) is 13.4. The van der Waals surface area contributed by atoms with Crippen molar-refractivity contribution in [2.24, 2.45) is 0 Å². The maximum Gasteiger partial charge on any atom is 0.0991 e. The van der Waals surface area contributed by atoms with Crippen molar-refractivity contribution < 1.29 is 0 Å². The topological polar surface area (TPSA) is 43.2 Å². The van der Waals surface area contributed by atoms with Gasteiger partial charge in [0, 0.05) is 38.6 Å². The average Bonchev–Trinajstić information content (AvgIpc) is 2.82. The highest BCUT2D eigenvalue weighted by molar-refractivity contribution is 5.31. The predicted octanol–water partition coefficient (Wildman–Crippen LogP) is 2.66. The number of rotatable bonds is 4. The van der Waals surface area contributed by atoms with Crippen molar-refractivity contribution in [2.75, 3.05) is 26.2 Å². The van der Waals surface area contributed by atoms with Gasteiger partial charge >= 0.3 is 0 Å². The van der Waals surface area contributed by atoms with Crippen LogP contribution in [0.5, 0.6) is 0 Å². The normalized spacial score (nSPS) is 16.7. The second kappa shape index (κ2) is 7.87. The van der Waals surface area contributed by atoms with Gasteiger partial charge in [0.05, 0.1) is 11.6 Å². The van der Waals surface area contributed by atoms with Gasteiger partial charge in [-0.05, 0) is 48.8 Å². The monoisotopic (exact) mass is 306 g/mol. The van der Waals surface area contributed by atoms with E-state index in [2.05, 4.69) is 39.1 Å². The Kier molecular flexibility index (Phi) is 5.36. The fourth-order valence-electron chi connectivity index (χ4n) is 3.03. The third kappa shape index (κ3) is 4.62. The predicted molar refractivity (Wildman–Crippen MR) is 90.6 cm³/mol. The summed E-state index contributed by atoms with van der Waals surface area (Å²) in [6, 6.07) is 14.3. The Morgan fingerprint density at radius 3 is 2.22 bits per heavy atom. The summed E-state index contributed by atoms with van der Waals surface area (Å²) in [6.45, 7) is 6.39. The highest BCUT2D eigenvalue weighted by Crippen LogP contribution is 2.12. The molecule has 1 saturated heterocycles. The third-order valence-electron chi connectivity index (χ3n) is 4.30. The standard InChI is InChI=1S/C19H22N4/c20-13-17-4-6-18(7-5-17)15-22-9-2-10-23(12-11-22)16-19-3-1-8-21-14-19/h1,3-8,14H,2,9-12,15-16H2. The number of pyridine rings is 1. The zero-order valence-electron chi connectivity index (χ0n) is 13.4. The lowest BCUT2D eigenvalue weighted by Gasteiger charge is -2.21. The Bertz CT molecular complexity index is 645. The van der Waals surface area contributed by atoms with E-state index in [1.165, 1.54) is 17.5 Å². The van der Waals surface area contributed by atoms with Crippen LogP contribution in [0.25, 0.3) is 0 Å². The van der Waals surface area contributed by atoms with Gasteiger partial charge in [0.25, 0.3) is 0 Å². The summed E-state index contributed by atoms with van der Waals surface area (Å²) in [4.78, 5) is 9.21. The van der Waals surface area contributed by atoms with Crippen LogP contribution in [-0.2, 0) is 13.1 Å². The molecule has 0 N–H and O–H groups in total. The molecular weight excluding hydrogens is 284 g/mol. The molecule has 23 heavy (non-hydrogen) atoms. The van der Waals surface area contributed by atoms with Crippen molar-refractivity contribution in [1.82, 2.24) is 14.8 Å². The van der Waals surface area contributed by atoms with E-state index in [0.717, 1.165) is 44.8 Å². The van der Waals surface area contributed by atoms with Gasteiger partial charge in [0.2, 0.25) is 0 Å². The first-order valence-electron chi connectivity index (χ1n) is 8.16. The summed E-state index contributed by atoms with van der Waals surface area (Å²) < 4.78 is 0. The van der Waals surface area contributed by atoms with Gasteiger partial charge in [-0.3, -0.25) is 14.8 Å². The van der Waals surface area contributed by atoms with Crippen molar-refractivity contribution in [2.45, 2.75) is 19.5 Å². The molecule has 0 amide bonds. The van der Waals surface area contributed by atoms with Crippen LogP contribution in [0.2, 0.25) is 0 Å². The van der Waals surface area contributed by atoms with Crippen LogP contribution in [0.3, 0.4) is 0 Å². The second-order valence-electron chi connectivity index (χ2n) is 6.08. The average molecular weight is 306 g/mol. The molecule has 118 valence electrons. The van der Waals surface area contributed by atoms with Gasteiger partial charge < -0.3 is 0 Å². The molecule has 0 aliphatic carbocycles. The first-order chi connectivity index (χ1) is 11.3. The summed E-state index contributed by atoms with van der Waals surface area (Å²) in [5.41, 5.74) is 3.30. The molecule has 4 nitrogen and oxygen atoms in total. The molecular formula is C19H22N4. The van der Waals surface area contributed by atoms with E-state index in [1.54, 1.807) is 0 Å². The van der Waals surface area contributed by atoms with Crippen LogP contribution >= 0.6 is 0 Å². The van der Waals surface area contributed by atoms with E-state index in [1.807, 2.05) is 30.6 Å². The van der Waals surface area contributed by atoms with E-state index < -0.39 is 0 Å². The summed E-state index contributed by atoms with van der Waals surface area (Å²) in [6.07, 6.45) is 4.97. The summed E-state index contributed by atoms with van der Waals surface area (Å²) in [5.74, 6) is 0. The summed E-state index contributed by atoms with van der Waals surface area (Å²) >= 11 is 0. The van der Waals surface area contributed by atoms with E-state index >= 15 is 0 Å². The van der Waals surface area contributed by atoms with Gasteiger partial charge in [-0.25, -0.2) is 0 Å². The Morgan fingerprint density at radius 1 is 0.913 bits per heavy atom. The number of hydrogen-bond donors (Lipinski definition) is 0. The van der Waals surface area contributed by atoms with E-state index in [9.17, 15) is 0 Å². The zero-order chi connectivity index (χ0) is 15.9. The van der Waals surface area contributed by atoms with Crippen molar-refractivity contribution in [3.63, 3.8) is 0 Å². The molecule has 4 heteroatoms. The van der Waals surface area contributed by atoms with Crippen molar-refractivity contribution in [1.29, 1.82) is 5.26 Å². The Balaban J connectivity index is 1.52. The molecule has 1 aromatic heterocycles. The van der Waals surface area contributed by atoms with Gasteiger partial charge in [0.1, 0.15) is 0 Å². The van der Waals surface area contributed by atoms with Crippen LogP contribution in [-0.4, -0.2) is 41.0 Å². The molecule has 2 heterocycles. The molecule has 0 bridgehead atoms. The van der Waals surface area contributed by atoms with Gasteiger partial charge in [-0.2, -0.15) is 5.26 Å². The summed E-state index contributed by atoms with van der Waals surface area (Å²) in [5, 5.41) is 8.87. The highest BCUT2D eigenvalue weighted by Gasteiger charge is 2.15. The minimum Gasteiger partial charge on any atom is -0.298 e. The van der Waals surface area contributed by atoms with E-state index in [4.69, 9.17) is 5.26 Å². The first-order valence-corrected chi connectivity index (χ1v) is 8.16. The number of aromatic nitrogens is 1. The lowest BCUT2D eigenvalue weighted by molar-refractivity contribution is 0.247. The minimum absolute atomic E-state index is 0.729. The van der Waals surface area contributed by atoms with Crippen molar-refractivity contribution >= 4 is 0 Å². The van der Waals surface area contributed by atoms with Crippen molar-refractivity contribution in [3.05, 3.63) is 65.5 Å². The fraction of sp³-hybridized carbons (Fsp3) is 0.368. The van der Waals surface area contributed by atoms with Gasteiger partial charge in [0.15, 0.2) is 0 Å². The molecule has 2 aromatic rings. The Morgan fingerprint density at radius 2 is 1.61 bits per heavy atom. The van der Waals surface area contributed by atoms with Crippen molar-refractivity contribution in [3.8, 4) is 6.07 Å². The lowest BCUT2D eigenvalue weighted by Crippen LogP contribution is -2.30. The van der Waals surface area contributed by atoms with E-state index in [-0.39, 0.29) is 0 Å². The second-order valence-corrected chi connectivity index (χ2v) is 6.08. The van der Waals surface area contributed by atoms with Gasteiger partial charge in [-0.1, -0.05) is 18.2 Å². The molecule has 1 aliphatic rings. The highest BCUT2D eigenvalue weighted by atomic mass is 15.2. The smallest absolute Gasteiger partial charge is 0.0991 e. The molecule has 1 aliphatic heterocycles. The molecule has 0 radical (unpaired) electrons. The molecule has 0 saturated carbocycles. The third-order valence-corrected chi connectivity index (χ3v) is 4.30. The maximum absolute atomic E-state index is 8.87. The van der Waals surface area contributed by atoms with Crippen LogP contribution < -0.4 is 0 Å². The molecule has 1 fully saturated rings. The SMILES string of the molecule is N#Cc1ccc(CN2CCCN(Cc3cccnc3)CC2)cc1. The number of hydrogen-bond acceptors (Lipinski definition) is 4. The Labute approximate surface area is 138 Å². The number of nitrogens with zero attached hydrogens (tertiary/aromatic N) is 4. The lowest BCUT2D eigenvalue weighted by atomic mass is 10.1. The molecule has 0 unspecified atom stereocenters. The number of nitriles is 1. The fourth-order valence-corrected chi connectivity index (χ4v) is 3.03. The van der Waals surface area contributed by atoms with Crippen LogP contribution in [0.1, 0.15) is 23.1 Å². The quantitative estimate of drug-likeness (QED) is 0.871. The molecule has 3 rings (SSSR count). The van der Waals surface area contributed by atoms with Crippen LogP contribution in [0.4, 0.5) is 0 Å². The van der Waals surface area contributed by atoms with E-state index in [0.29, 0.717) is 0 Å². The molecule has 0 atom stereocenters. The first kappa shape index (κ1) is 15.7. The van der Waals surface area contributed by atoms with Crippen LogP contribution in [0, 0.1) is 11.3 Å². The molecule has 1 aromatic carbocycles. The number of benzene rings is 1. The maximum atomic E-state index is 8.87. The Hall–Kier alpha value is -2.22. The summed E-state index contributed by atoms with van der Waals surface area (Å²) in [7, 11) is 0. The molecule has 0 spiro atoms. The van der Waals surface area contributed by atoms with Gasteiger partial charge in [-0.15, -0.1) is 0 Å². The minimum atomic E-state index is 0.729. The van der Waals surface area contributed by atoms with Crippen LogP contribution in [0.15, 0.2) is 48.8 Å².